The van der Waals surface area contributed by atoms with Crippen LogP contribution >= 0.6 is 0 Å². The van der Waals surface area contributed by atoms with Crippen LogP contribution in [-0.4, -0.2) is 12.9 Å². The van der Waals surface area contributed by atoms with Crippen LogP contribution in [-0.2, 0) is 0 Å². The van der Waals surface area contributed by atoms with Gasteiger partial charge in [-0.25, -0.2) is 4.39 Å². The SMILES string of the molecule is COc1cccc(C2CC2C(=O)c2ccc(F)cc2)c1. The molecular formula is C17H15FO2. The maximum absolute atomic E-state index is 12.9. The summed E-state index contributed by atoms with van der Waals surface area (Å²) in [5.41, 5.74) is 1.71. The zero-order valence-electron chi connectivity index (χ0n) is 11.2. The van der Waals surface area contributed by atoms with Gasteiger partial charge < -0.3 is 4.74 Å². The van der Waals surface area contributed by atoms with Crippen molar-refractivity contribution in [3.8, 4) is 5.75 Å². The molecule has 0 amide bonds. The van der Waals surface area contributed by atoms with E-state index < -0.39 is 0 Å². The summed E-state index contributed by atoms with van der Waals surface area (Å²) >= 11 is 0. The second kappa shape index (κ2) is 5.08. The third kappa shape index (κ3) is 2.44. The van der Waals surface area contributed by atoms with Crippen molar-refractivity contribution in [2.45, 2.75) is 12.3 Å². The lowest BCUT2D eigenvalue weighted by atomic mass is 10.0. The van der Waals surface area contributed by atoms with Gasteiger partial charge in [-0.1, -0.05) is 12.1 Å². The summed E-state index contributed by atoms with van der Waals surface area (Å²) in [6.45, 7) is 0. The third-order valence-electron chi connectivity index (χ3n) is 3.78. The number of halogens is 1. The van der Waals surface area contributed by atoms with E-state index in [-0.39, 0.29) is 23.4 Å². The minimum absolute atomic E-state index is 0.00701. The van der Waals surface area contributed by atoms with Gasteiger partial charge in [0, 0.05) is 11.5 Å². The lowest BCUT2D eigenvalue weighted by Crippen LogP contribution is -2.03. The molecule has 1 fully saturated rings. The van der Waals surface area contributed by atoms with Crippen molar-refractivity contribution in [1.82, 2.24) is 0 Å². The smallest absolute Gasteiger partial charge is 0.166 e. The second-order valence-corrected chi connectivity index (χ2v) is 5.10. The van der Waals surface area contributed by atoms with E-state index >= 15 is 0 Å². The lowest BCUT2D eigenvalue weighted by Gasteiger charge is -2.04. The molecule has 0 aliphatic heterocycles. The molecule has 3 rings (SSSR count). The summed E-state index contributed by atoms with van der Waals surface area (Å²) in [5.74, 6) is 0.845. The van der Waals surface area contributed by atoms with Crippen molar-refractivity contribution in [2.24, 2.45) is 5.92 Å². The number of carbonyl (C=O) groups excluding carboxylic acids is 1. The molecule has 0 heterocycles. The van der Waals surface area contributed by atoms with Crippen LogP contribution in [0.4, 0.5) is 4.39 Å². The van der Waals surface area contributed by atoms with Crippen molar-refractivity contribution in [3.63, 3.8) is 0 Å². The van der Waals surface area contributed by atoms with Crippen LogP contribution < -0.4 is 4.74 Å². The van der Waals surface area contributed by atoms with Gasteiger partial charge in [-0.15, -0.1) is 0 Å². The zero-order valence-corrected chi connectivity index (χ0v) is 11.2. The van der Waals surface area contributed by atoms with E-state index in [0.29, 0.717) is 5.56 Å². The fourth-order valence-electron chi connectivity index (χ4n) is 2.55. The maximum Gasteiger partial charge on any atom is 0.166 e. The first-order valence-corrected chi connectivity index (χ1v) is 6.63. The monoisotopic (exact) mass is 270 g/mol. The lowest BCUT2D eigenvalue weighted by molar-refractivity contribution is 0.0965. The van der Waals surface area contributed by atoms with Gasteiger partial charge in [0.25, 0.3) is 0 Å². The van der Waals surface area contributed by atoms with E-state index in [9.17, 15) is 9.18 Å². The molecule has 20 heavy (non-hydrogen) atoms. The molecule has 2 aromatic rings. The van der Waals surface area contributed by atoms with Gasteiger partial charge in [0.05, 0.1) is 7.11 Å². The van der Waals surface area contributed by atoms with Crippen molar-refractivity contribution in [1.29, 1.82) is 0 Å². The largest absolute Gasteiger partial charge is 0.497 e. The Morgan fingerprint density at radius 3 is 2.65 bits per heavy atom. The van der Waals surface area contributed by atoms with Gasteiger partial charge in [0.2, 0.25) is 0 Å². The van der Waals surface area contributed by atoms with Gasteiger partial charge in [-0.2, -0.15) is 0 Å². The maximum atomic E-state index is 12.9. The molecule has 102 valence electrons. The molecule has 0 aromatic heterocycles. The molecule has 0 saturated heterocycles. The quantitative estimate of drug-likeness (QED) is 0.789. The molecule has 3 heteroatoms. The fraction of sp³-hybridized carbons (Fsp3) is 0.235. The van der Waals surface area contributed by atoms with Crippen LogP contribution in [0.25, 0.3) is 0 Å². The number of hydrogen-bond donors (Lipinski definition) is 0. The van der Waals surface area contributed by atoms with Crippen LogP contribution in [0.5, 0.6) is 5.75 Å². The second-order valence-electron chi connectivity index (χ2n) is 5.10. The fourth-order valence-corrected chi connectivity index (χ4v) is 2.55. The van der Waals surface area contributed by atoms with Gasteiger partial charge >= 0.3 is 0 Å². The topological polar surface area (TPSA) is 26.3 Å². The summed E-state index contributed by atoms with van der Waals surface area (Å²) in [6, 6.07) is 13.6. The number of benzene rings is 2. The molecule has 0 bridgehead atoms. The Morgan fingerprint density at radius 1 is 1.20 bits per heavy atom. The molecule has 2 atom stereocenters. The molecule has 0 N–H and O–H groups in total. The number of ketones is 1. The number of carbonyl (C=O) groups is 1. The van der Waals surface area contributed by atoms with Crippen LogP contribution in [0.15, 0.2) is 48.5 Å². The summed E-state index contributed by atoms with van der Waals surface area (Å²) < 4.78 is 18.1. The summed E-state index contributed by atoms with van der Waals surface area (Å²) in [4.78, 5) is 12.3. The highest BCUT2D eigenvalue weighted by atomic mass is 19.1. The third-order valence-corrected chi connectivity index (χ3v) is 3.78. The Balaban J connectivity index is 1.75. The highest BCUT2D eigenvalue weighted by molar-refractivity contribution is 6.00. The van der Waals surface area contributed by atoms with Gasteiger partial charge in [0.15, 0.2) is 5.78 Å². The van der Waals surface area contributed by atoms with Gasteiger partial charge in [-0.05, 0) is 54.3 Å². The van der Waals surface area contributed by atoms with Crippen LogP contribution in [0.3, 0.4) is 0 Å². The minimum Gasteiger partial charge on any atom is -0.497 e. The first-order chi connectivity index (χ1) is 9.69. The summed E-state index contributed by atoms with van der Waals surface area (Å²) in [7, 11) is 1.63. The van der Waals surface area contributed by atoms with Gasteiger partial charge in [-0.3, -0.25) is 4.79 Å². The Hall–Kier alpha value is -2.16. The first-order valence-electron chi connectivity index (χ1n) is 6.63. The Labute approximate surface area is 117 Å². The predicted molar refractivity (Wildman–Crippen MR) is 74.6 cm³/mol. The minimum atomic E-state index is -0.318. The average molecular weight is 270 g/mol. The van der Waals surface area contributed by atoms with Gasteiger partial charge in [0.1, 0.15) is 11.6 Å². The molecule has 0 spiro atoms. The first kappa shape index (κ1) is 12.9. The highest BCUT2D eigenvalue weighted by Gasteiger charge is 2.44. The number of Topliss-reactive ketones (excluding diaryl/α,β-unsaturated/α-hetero) is 1. The standard InChI is InChI=1S/C17H15FO2/c1-20-14-4-2-3-12(9-14)15-10-16(15)17(19)11-5-7-13(18)8-6-11/h2-9,15-16H,10H2,1H3. The van der Waals surface area contributed by atoms with Crippen molar-refractivity contribution in [3.05, 3.63) is 65.5 Å². The molecule has 2 nitrogen and oxygen atoms in total. The van der Waals surface area contributed by atoms with Crippen molar-refractivity contribution >= 4 is 5.78 Å². The molecule has 2 unspecified atom stereocenters. The van der Waals surface area contributed by atoms with E-state index in [2.05, 4.69) is 0 Å². The van der Waals surface area contributed by atoms with Crippen LogP contribution in [0, 0.1) is 11.7 Å². The Morgan fingerprint density at radius 2 is 1.95 bits per heavy atom. The number of ether oxygens (including phenoxy) is 1. The molecule has 1 aliphatic carbocycles. The molecule has 0 radical (unpaired) electrons. The number of hydrogen-bond acceptors (Lipinski definition) is 2. The van der Waals surface area contributed by atoms with E-state index in [1.165, 1.54) is 12.1 Å². The van der Waals surface area contributed by atoms with Crippen LogP contribution in [0.2, 0.25) is 0 Å². The molecule has 2 aromatic carbocycles. The number of methoxy groups -OCH3 is 1. The molecule has 1 saturated carbocycles. The summed E-state index contributed by atoms with van der Waals surface area (Å²) in [5, 5.41) is 0. The normalized spacial score (nSPS) is 20.5. The van der Waals surface area contributed by atoms with Crippen molar-refractivity contribution in [2.75, 3.05) is 7.11 Å². The molecular weight excluding hydrogens is 255 g/mol. The van der Waals surface area contributed by atoms with Crippen LogP contribution in [0.1, 0.15) is 28.3 Å². The van der Waals surface area contributed by atoms with E-state index in [0.717, 1.165) is 17.7 Å². The summed E-state index contributed by atoms with van der Waals surface area (Å²) in [6.07, 6.45) is 0.851. The Kier molecular flexibility index (Phi) is 3.26. The molecule has 1 aliphatic rings. The van der Waals surface area contributed by atoms with Crippen molar-refractivity contribution < 1.29 is 13.9 Å². The average Bonchev–Trinajstić information content (AvgIpc) is 3.28. The zero-order chi connectivity index (χ0) is 14.1. The number of rotatable bonds is 4. The van der Waals surface area contributed by atoms with E-state index in [1.807, 2.05) is 24.3 Å². The van der Waals surface area contributed by atoms with E-state index in [4.69, 9.17) is 4.74 Å². The Bertz CT molecular complexity index is 634. The van der Waals surface area contributed by atoms with E-state index in [1.54, 1.807) is 19.2 Å². The highest BCUT2D eigenvalue weighted by Crippen LogP contribution is 2.49. The predicted octanol–water partition coefficient (Wildman–Crippen LogP) is 3.82.